The average molecular weight is 671 g/mol. The summed E-state index contributed by atoms with van der Waals surface area (Å²) in [5.74, 6) is -0.572. The molecule has 1 amide bonds. The van der Waals surface area contributed by atoms with E-state index in [9.17, 15) is 27.2 Å². The standard InChI is InChI=1S/C31H27ClF4N8O3/c1-16-4-3-5-25(21-10-17(8-9-37-21)28-22(39-30(16)46)13-38-44(28)31(35)36)42-15-26(47-2)20(12-27(42)45)19-11-18(32)6-7-24(19)43-14-23(29(33)34)40-41-43/h6-16,25,29,31H,3-5H2,1-2H3,(H,39,46)/t16-,25?/m1/s1. The van der Waals surface area contributed by atoms with Gasteiger partial charge in [0.15, 0.2) is 0 Å². The summed E-state index contributed by atoms with van der Waals surface area (Å²) in [6, 6.07) is 8.43. The number of hydrogen-bond donors (Lipinski definition) is 1. The number of ether oxygens (including phenoxy) is 1. The number of pyridine rings is 2. The minimum absolute atomic E-state index is 0.000366. The molecule has 11 nitrogen and oxygen atoms in total. The van der Waals surface area contributed by atoms with Crippen LogP contribution in [0.15, 0.2) is 66.0 Å². The fourth-order valence-electron chi connectivity index (χ4n) is 5.66. The minimum Gasteiger partial charge on any atom is -0.495 e. The molecular formula is C31H27ClF4N8O3. The van der Waals surface area contributed by atoms with Gasteiger partial charge in [-0.1, -0.05) is 30.2 Å². The molecular weight excluding hydrogens is 644 g/mol. The van der Waals surface area contributed by atoms with Crippen LogP contribution in [-0.2, 0) is 4.79 Å². The Morgan fingerprint density at radius 1 is 1.04 bits per heavy atom. The summed E-state index contributed by atoms with van der Waals surface area (Å²) in [6.45, 7) is -1.25. The number of aromatic nitrogens is 7. The van der Waals surface area contributed by atoms with E-state index in [4.69, 9.17) is 16.3 Å². The van der Waals surface area contributed by atoms with Crippen LogP contribution in [0.3, 0.4) is 0 Å². The van der Waals surface area contributed by atoms with Crippen LogP contribution in [0.2, 0.25) is 5.02 Å². The van der Waals surface area contributed by atoms with E-state index in [1.165, 1.54) is 42.4 Å². The highest BCUT2D eigenvalue weighted by Crippen LogP contribution is 2.38. The smallest absolute Gasteiger partial charge is 0.333 e. The molecule has 1 aliphatic heterocycles. The number of fused-ring (bicyclic) bond motifs is 4. The zero-order valence-electron chi connectivity index (χ0n) is 24.9. The molecule has 1 aliphatic rings. The lowest BCUT2D eigenvalue weighted by Gasteiger charge is -2.24. The molecule has 6 rings (SSSR count). The molecule has 1 aromatic carbocycles. The summed E-state index contributed by atoms with van der Waals surface area (Å²) in [6.07, 6.45) is 3.70. The van der Waals surface area contributed by atoms with E-state index in [1.54, 1.807) is 31.2 Å². The van der Waals surface area contributed by atoms with Crippen LogP contribution in [0.25, 0.3) is 28.1 Å². The average Bonchev–Trinajstić information content (AvgIpc) is 3.71. The fourth-order valence-corrected chi connectivity index (χ4v) is 5.84. The number of halogens is 5. The topological polar surface area (TPSA) is 122 Å². The monoisotopic (exact) mass is 670 g/mol. The van der Waals surface area contributed by atoms with Gasteiger partial charge in [-0.25, -0.2) is 18.1 Å². The van der Waals surface area contributed by atoms with Crippen molar-refractivity contribution in [3.8, 4) is 33.8 Å². The zero-order chi connectivity index (χ0) is 33.4. The van der Waals surface area contributed by atoms with Gasteiger partial charge in [0.1, 0.15) is 11.4 Å². The van der Waals surface area contributed by atoms with Crippen molar-refractivity contribution < 1.29 is 27.1 Å². The first kappa shape index (κ1) is 31.9. The van der Waals surface area contributed by atoms with Crippen molar-refractivity contribution in [1.82, 2.24) is 34.3 Å². The first-order chi connectivity index (χ1) is 22.5. The number of anilines is 1. The third kappa shape index (κ3) is 6.22. The molecule has 0 saturated carbocycles. The third-order valence-corrected chi connectivity index (χ3v) is 8.26. The van der Waals surface area contributed by atoms with Crippen molar-refractivity contribution >= 4 is 23.2 Å². The Morgan fingerprint density at radius 2 is 1.85 bits per heavy atom. The highest BCUT2D eigenvalue weighted by atomic mass is 35.5. The lowest BCUT2D eigenvalue weighted by Crippen LogP contribution is -2.27. The number of carbonyl (C=O) groups is 1. The summed E-state index contributed by atoms with van der Waals surface area (Å²) in [4.78, 5) is 31.4. The number of nitrogens with zero attached hydrogens (tertiary/aromatic N) is 7. The second-order valence-corrected chi connectivity index (χ2v) is 11.4. The molecule has 5 aromatic rings. The molecule has 1 N–H and O–H groups in total. The Bertz CT molecular complexity index is 2010. The molecule has 244 valence electrons. The Kier molecular flexibility index (Phi) is 8.82. The lowest BCUT2D eigenvalue weighted by molar-refractivity contribution is -0.119. The first-order valence-corrected chi connectivity index (χ1v) is 14.9. The Hall–Kier alpha value is -5.05. The van der Waals surface area contributed by atoms with E-state index in [2.05, 4.69) is 25.7 Å². The molecule has 2 bridgehead atoms. The van der Waals surface area contributed by atoms with Crippen molar-refractivity contribution in [3.05, 3.63) is 87.9 Å². The van der Waals surface area contributed by atoms with Crippen LogP contribution in [0.1, 0.15) is 56.6 Å². The molecule has 0 fully saturated rings. The first-order valence-electron chi connectivity index (χ1n) is 14.5. The number of amides is 1. The predicted octanol–water partition coefficient (Wildman–Crippen LogP) is 6.70. The number of methoxy groups -OCH3 is 1. The van der Waals surface area contributed by atoms with Gasteiger partial charge < -0.3 is 14.6 Å². The molecule has 4 aromatic heterocycles. The predicted molar refractivity (Wildman–Crippen MR) is 164 cm³/mol. The fraction of sp³-hybridized carbons (Fsp3) is 0.290. The summed E-state index contributed by atoms with van der Waals surface area (Å²) in [7, 11) is 1.41. The second-order valence-electron chi connectivity index (χ2n) is 11.0. The Balaban J connectivity index is 1.49. The van der Waals surface area contributed by atoms with E-state index in [-0.39, 0.29) is 23.0 Å². The van der Waals surface area contributed by atoms with Crippen LogP contribution < -0.4 is 15.6 Å². The molecule has 16 heteroatoms. The summed E-state index contributed by atoms with van der Waals surface area (Å²) < 4.78 is 63.4. The third-order valence-electron chi connectivity index (χ3n) is 8.03. The van der Waals surface area contributed by atoms with E-state index >= 15 is 0 Å². The van der Waals surface area contributed by atoms with Crippen LogP contribution in [0, 0.1) is 5.92 Å². The van der Waals surface area contributed by atoms with Gasteiger partial charge in [0, 0.05) is 39.9 Å². The zero-order valence-corrected chi connectivity index (χ0v) is 25.7. The number of alkyl halides is 4. The SMILES string of the molecule is COc1cn(C2CCC[C@@H](C)C(=O)Nc3cnn(C(F)F)c3-c3ccnc2c3)c(=O)cc1-c1cc(Cl)ccc1-n1cc(C(F)F)nn1. The van der Waals surface area contributed by atoms with Crippen molar-refractivity contribution in [2.75, 3.05) is 12.4 Å². The summed E-state index contributed by atoms with van der Waals surface area (Å²) in [5.41, 5.74) is 0.874. The quantitative estimate of drug-likeness (QED) is 0.200. The van der Waals surface area contributed by atoms with Crippen LogP contribution in [0.5, 0.6) is 5.75 Å². The molecule has 0 spiro atoms. The van der Waals surface area contributed by atoms with Gasteiger partial charge in [-0.3, -0.25) is 14.6 Å². The summed E-state index contributed by atoms with van der Waals surface area (Å²) >= 11 is 6.32. The van der Waals surface area contributed by atoms with Gasteiger partial charge in [-0.2, -0.15) is 13.9 Å². The Labute approximate surface area is 269 Å². The molecule has 47 heavy (non-hydrogen) atoms. The van der Waals surface area contributed by atoms with Gasteiger partial charge in [0.25, 0.3) is 12.0 Å². The van der Waals surface area contributed by atoms with Gasteiger partial charge >= 0.3 is 6.55 Å². The second kappa shape index (κ2) is 13.0. The maximum Gasteiger partial charge on any atom is 0.333 e. The number of benzene rings is 1. The van der Waals surface area contributed by atoms with Gasteiger partial charge in [0.05, 0.1) is 54.5 Å². The molecule has 0 radical (unpaired) electrons. The molecule has 2 atom stereocenters. The highest BCUT2D eigenvalue weighted by molar-refractivity contribution is 6.31. The van der Waals surface area contributed by atoms with Crippen molar-refractivity contribution in [2.24, 2.45) is 5.92 Å². The van der Waals surface area contributed by atoms with Crippen molar-refractivity contribution in [2.45, 2.75) is 45.2 Å². The van der Waals surface area contributed by atoms with Gasteiger partial charge in [-0.05, 0) is 43.2 Å². The Morgan fingerprint density at radius 3 is 2.57 bits per heavy atom. The van der Waals surface area contributed by atoms with Gasteiger partial charge in [-0.15, -0.1) is 5.10 Å². The van der Waals surface area contributed by atoms with E-state index in [0.29, 0.717) is 57.0 Å². The summed E-state index contributed by atoms with van der Waals surface area (Å²) in [5, 5.41) is 14.2. The van der Waals surface area contributed by atoms with Crippen LogP contribution in [-0.4, -0.2) is 47.3 Å². The number of hydrogen-bond acceptors (Lipinski definition) is 7. The molecule has 0 saturated heterocycles. The number of carbonyl (C=O) groups excluding carboxylic acids is 1. The maximum atomic E-state index is 14.0. The normalized spacial score (nSPS) is 16.8. The van der Waals surface area contributed by atoms with Crippen molar-refractivity contribution in [3.63, 3.8) is 0 Å². The van der Waals surface area contributed by atoms with Crippen LogP contribution >= 0.6 is 11.6 Å². The maximum absolute atomic E-state index is 14.0. The largest absolute Gasteiger partial charge is 0.495 e. The van der Waals surface area contributed by atoms with E-state index in [1.807, 2.05) is 0 Å². The highest BCUT2D eigenvalue weighted by Gasteiger charge is 2.27. The van der Waals surface area contributed by atoms with Crippen molar-refractivity contribution in [1.29, 1.82) is 0 Å². The molecule has 0 aliphatic carbocycles. The lowest BCUT2D eigenvalue weighted by atomic mass is 9.96. The van der Waals surface area contributed by atoms with E-state index < -0.39 is 36.2 Å². The number of rotatable bonds is 6. The number of nitrogens with one attached hydrogen (secondary N) is 1. The minimum atomic E-state index is -2.98. The van der Waals surface area contributed by atoms with E-state index in [0.717, 1.165) is 10.9 Å². The van der Waals surface area contributed by atoms with Crippen LogP contribution in [0.4, 0.5) is 23.2 Å². The molecule has 1 unspecified atom stereocenters. The van der Waals surface area contributed by atoms with Gasteiger partial charge in [0.2, 0.25) is 5.91 Å². The molecule has 5 heterocycles.